The zero-order valence-corrected chi connectivity index (χ0v) is 27.2. The van der Waals surface area contributed by atoms with E-state index in [4.69, 9.17) is 4.74 Å². The summed E-state index contributed by atoms with van der Waals surface area (Å²) in [6, 6.07) is 8.41. The third kappa shape index (κ3) is 6.81. The fourth-order valence-corrected chi connectivity index (χ4v) is 8.08. The van der Waals surface area contributed by atoms with E-state index in [0.717, 1.165) is 62.4 Å². The molecule has 0 spiro atoms. The highest BCUT2D eigenvalue weighted by atomic mass is 32.2. The highest BCUT2D eigenvalue weighted by Gasteiger charge is 2.41. The molecule has 4 heterocycles. The molecular weight excluding hydrogens is 616 g/mol. The topological polar surface area (TPSA) is 123 Å². The number of anilines is 2. The minimum atomic E-state index is -4.27. The van der Waals surface area contributed by atoms with Gasteiger partial charge in [0, 0.05) is 99.1 Å². The Morgan fingerprint density at radius 3 is 2.46 bits per heavy atom. The fraction of sp³-hybridized carbons (Fsp3) is 0.500. The molecule has 0 bridgehead atoms. The van der Waals surface area contributed by atoms with Gasteiger partial charge in [-0.15, -0.1) is 0 Å². The lowest BCUT2D eigenvalue weighted by atomic mass is 9.84. The third-order valence-electron chi connectivity index (χ3n) is 9.16. The van der Waals surface area contributed by atoms with Crippen molar-refractivity contribution < 1.29 is 26.7 Å². The molecule has 0 saturated carbocycles. The standard InChI is InChI=1S/C32H41F2N7O4S/c1-32(2)20-41(46(43,44)26-16-22(33)15-23(34)17-26)19-28-29(32)37-38-30(28)36-31(42)27-5-4-25(40-10-8-39(3)9-11-40)14-21(27)18-35-24-6-12-45-13-7-24/h4-5,14-17,24,35H,6-13,18-20H2,1-3H3,(H2,36,37,38,42). The van der Waals surface area contributed by atoms with Crippen LogP contribution in [0.15, 0.2) is 41.3 Å². The first-order chi connectivity index (χ1) is 21.9. The Morgan fingerprint density at radius 2 is 1.76 bits per heavy atom. The van der Waals surface area contributed by atoms with Crippen molar-refractivity contribution in [3.05, 3.63) is 70.4 Å². The van der Waals surface area contributed by atoms with Gasteiger partial charge in [-0.3, -0.25) is 9.89 Å². The number of hydrogen-bond acceptors (Lipinski definition) is 8. The van der Waals surface area contributed by atoms with Gasteiger partial charge in [0.25, 0.3) is 5.91 Å². The van der Waals surface area contributed by atoms with Gasteiger partial charge in [-0.05, 0) is 55.8 Å². The number of carbonyl (C=O) groups excluding carboxylic acids is 1. The Labute approximate surface area is 268 Å². The van der Waals surface area contributed by atoms with Crippen molar-refractivity contribution in [3.8, 4) is 0 Å². The summed E-state index contributed by atoms with van der Waals surface area (Å²) in [4.78, 5) is 18.0. The number of nitrogens with zero attached hydrogens (tertiary/aromatic N) is 4. The molecule has 0 unspecified atom stereocenters. The summed E-state index contributed by atoms with van der Waals surface area (Å²) in [6.07, 6.45) is 1.80. The molecule has 3 N–H and O–H groups in total. The summed E-state index contributed by atoms with van der Waals surface area (Å²) in [7, 11) is -2.16. The maximum absolute atomic E-state index is 14.0. The highest BCUT2D eigenvalue weighted by molar-refractivity contribution is 7.89. The summed E-state index contributed by atoms with van der Waals surface area (Å²) in [5.41, 5.74) is 2.85. The second-order valence-corrected chi connectivity index (χ2v) is 15.0. The number of aromatic nitrogens is 2. The molecule has 11 nitrogen and oxygen atoms in total. The molecule has 14 heteroatoms. The van der Waals surface area contributed by atoms with E-state index in [-0.39, 0.29) is 30.9 Å². The minimum Gasteiger partial charge on any atom is -0.381 e. The first-order valence-corrected chi connectivity index (χ1v) is 17.1. The monoisotopic (exact) mass is 657 g/mol. The van der Waals surface area contributed by atoms with E-state index in [1.165, 1.54) is 4.31 Å². The van der Waals surface area contributed by atoms with Crippen molar-refractivity contribution in [1.82, 2.24) is 24.7 Å². The number of piperazine rings is 1. The summed E-state index contributed by atoms with van der Waals surface area (Å²) in [5.74, 6) is -2.11. The lowest BCUT2D eigenvalue weighted by Gasteiger charge is -2.36. The molecule has 1 amide bonds. The van der Waals surface area contributed by atoms with E-state index < -0.39 is 32.0 Å². The molecule has 1 aromatic heterocycles. The molecular formula is C32H41F2N7O4S. The molecule has 2 saturated heterocycles. The van der Waals surface area contributed by atoms with Gasteiger partial charge in [-0.2, -0.15) is 9.40 Å². The molecule has 248 valence electrons. The van der Waals surface area contributed by atoms with Crippen LogP contribution in [0.5, 0.6) is 0 Å². The van der Waals surface area contributed by atoms with Crippen LogP contribution in [0.1, 0.15) is 53.9 Å². The molecule has 0 atom stereocenters. The number of nitrogens with one attached hydrogen (secondary N) is 3. The van der Waals surface area contributed by atoms with Gasteiger partial charge < -0.3 is 25.2 Å². The molecule has 0 aliphatic carbocycles. The van der Waals surface area contributed by atoms with Crippen LogP contribution in [0.3, 0.4) is 0 Å². The van der Waals surface area contributed by atoms with Crippen molar-refractivity contribution in [2.75, 3.05) is 63.2 Å². The summed E-state index contributed by atoms with van der Waals surface area (Å²) in [5, 5.41) is 13.9. The number of likely N-dealkylation sites (N-methyl/N-ethyl adjacent to an activating group) is 1. The Bertz CT molecular complexity index is 1680. The van der Waals surface area contributed by atoms with Gasteiger partial charge in [0.05, 0.1) is 4.90 Å². The van der Waals surface area contributed by atoms with E-state index in [9.17, 15) is 22.0 Å². The van der Waals surface area contributed by atoms with Crippen molar-refractivity contribution in [3.63, 3.8) is 0 Å². The number of halogens is 2. The number of benzene rings is 2. The number of sulfonamides is 1. The van der Waals surface area contributed by atoms with Crippen LogP contribution in [0.2, 0.25) is 0 Å². The summed E-state index contributed by atoms with van der Waals surface area (Å²) >= 11 is 0. The molecule has 3 aliphatic heterocycles. The van der Waals surface area contributed by atoms with Crippen molar-refractivity contribution in [2.45, 2.75) is 56.1 Å². The number of aromatic amines is 1. The SMILES string of the molecule is CN1CCN(c2ccc(C(=O)Nc3n[nH]c4c3CN(S(=O)(=O)c3cc(F)cc(F)c3)CC4(C)C)c(CNC3CCOCC3)c2)CC1. The molecule has 6 rings (SSSR count). The van der Waals surface area contributed by atoms with Gasteiger partial charge in [0.2, 0.25) is 10.0 Å². The van der Waals surface area contributed by atoms with Gasteiger partial charge in [0.1, 0.15) is 11.6 Å². The van der Waals surface area contributed by atoms with Crippen LogP contribution in [0, 0.1) is 11.6 Å². The van der Waals surface area contributed by atoms with Crippen molar-refractivity contribution in [1.29, 1.82) is 0 Å². The first-order valence-electron chi connectivity index (χ1n) is 15.6. The lowest BCUT2D eigenvalue weighted by Crippen LogP contribution is -2.45. The van der Waals surface area contributed by atoms with E-state index in [1.54, 1.807) is 0 Å². The maximum Gasteiger partial charge on any atom is 0.257 e. The van der Waals surface area contributed by atoms with Gasteiger partial charge in [-0.25, -0.2) is 17.2 Å². The quantitative estimate of drug-likeness (QED) is 0.337. The Morgan fingerprint density at radius 1 is 1.07 bits per heavy atom. The molecule has 0 radical (unpaired) electrons. The summed E-state index contributed by atoms with van der Waals surface area (Å²) in [6.45, 7) is 9.22. The molecule has 3 aromatic rings. The predicted molar refractivity (Wildman–Crippen MR) is 170 cm³/mol. The Balaban J connectivity index is 1.27. The lowest BCUT2D eigenvalue weighted by molar-refractivity contribution is 0.0775. The third-order valence-corrected chi connectivity index (χ3v) is 10.9. The van der Waals surface area contributed by atoms with Crippen molar-refractivity contribution >= 4 is 27.4 Å². The second-order valence-electron chi connectivity index (χ2n) is 13.0. The van der Waals surface area contributed by atoms with Crippen LogP contribution in [-0.2, 0) is 33.3 Å². The number of amides is 1. The van der Waals surface area contributed by atoms with Crippen LogP contribution in [-0.4, -0.2) is 92.8 Å². The predicted octanol–water partition coefficient (Wildman–Crippen LogP) is 3.44. The zero-order chi connectivity index (χ0) is 32.6. The highest BCUT2D eigenvalue weighted by Crippen LogP contribution is 2.38. The molecule has 46 heavy (non-hydrogen) atoms. The van der Waals surface area contributed by atoms with Crippen LogP contribution >= 0.6 is 0 Å². The number of carbonyl (C=O) groups is 1. The molecule has 2 fully saturated rings. The molecule has 3 aliphatic rings. The number of ether oxygens (including phenoxy) is 1. The normalized spacial score (nSPS) is 19.6. The Kier molecular flexibility index (Phi) is 9.18. The van der Waals surface area contributed by atoms with Crippen LogP contribution in [0.4, 0.5) is 20.3 Å². The van der Waals surface area contributed by atoms with Gasteiger partial charge >= 0.3 is 0 Å². The smallest absolute Gasteiger partial charge is 0.257 e. The average molecular weight is 658 g/mol. The van der Waals surface area contributed by atoms with E-state index >= 15 is 0 Å². The number of hydrogen-bond donors (Lipinski definition) is 3. The van der Waals surface area contributed by atoms with Crippen molar-refractivity contribution in [2.24, 2.45) is 0 Å². The first kappa shape index (κ1) is 32.5. The van der Waals surface area contributed by atoms with Gasteiger partial charge in [0.15, 0.2) is 5.82 Å². The van der Waals surface area contributed by atoms with E-state index in [2.05, 4.69) is 43.7 Å². The maximum atomic E-state index is 14.0. The van der Waals surface area contributed by atoms with E-state index in [1.807, 2.05) is 26.0 Å². The van der Waals surface area contributed by atoms with Crippen LogP contribution in [0.25, 0.3) is 0 Å². The van der Waals surface area contributed by atoms with Gasteiger partial charge in [-0.1, -0.05) is 13.8 Å². The average Bonchev–Trinajstić information content (AvgIpc) is 3.43. The molecule has 2 aromatic carbocycles. The van der Waals surface area contributed by atoms with Crippen LogP contribution < -0.4 is 15.5 Å². The second kappa shape index (κ2) is 13.0. The minimum absolute atomic E-state index is 0.0474. The number of fused-ring (bicyclic) bond motifs is 1. The zero-order valence-electron chi connectivity index (χ0n) is 26.4. The van der Waals surface area contributed by atoms with E-state index in [0.29, 0.717) is 42.6 Å². The Hall–Kier alpha value is -3.43. The number of rotatable bonds is 8. The largest absolute Gasteiger partial charge is 0.381 e. The fourth-order valence-electron chi connectivity index (χ4n) is 6.47. The summed E-state index contributed by atoms with van der Waals surface area (Å²) < 4.78 is 61.7. The number of H-pyrrole nitrogens is 1.